The number of halogens is 2. The maximum absolute atomic E-state index is 14.9. The van der Waals surface area contributed by atoms with Gasteiger partial charge in [0.15, 0.2) is 9.84 Å². The number of carbonyl (C=O) groups is 1. The largest absolute Gasteiger partial charge is 0.444 e. The van der Waals surface area contributed by atoms with Crippen molar-refractivity contribution in [3.8, 4) is 11.1 Å². The molecule has 1 amide bonds. The number of fused-ring (bicyclic) bond motifs is 1. The van der Waals surface area contributed by atoms with Gasteiger partial charge in [-0.15, -0.1) is 0 Å². The number of alkyl halides is 1. The first-order valence-electron chi connectivity index (χ1n) is 11.0. The molecule has 3 rings (SSSR count). The highest BCUT2D eigenvalue weighted by Gasteiger charge is 2.20. The first kappa shape index (κ1) is 26.3. The molecule has 3 aromatic rings. The van der Waals surface area contributed by atoms with Gasteiger partial charge in [0.05, 0.1) is 28.2 Å². The van der Waals surface area contributed by atoms with E-state index in [2.05, 4.69) is 10.3 Å². The van der Waals surface area contributed by atoms with Crippen LogP contribution in [0.4, 0.5) is 13.6 Å². The number of carbonyl (C=O) groups excluding carboxylic acids is 1. The van der Waals surface area contributed by atoms with Crippen molar-refractivity contribution < 1.29 is 26.7 Å². The Morgan fingerprint density at radius 1 is 1.23 bits per heavy atom. The number of hydrogen-bond acceptors (Lipinski definition) is 5. The second-order valence-electron chi connectivity index (χ2n) is 9.18. The molecule has 0 atom stereocenters. The molecular weight excluding hydrogens is 476 g/mol. The predicted molar refractivity (Wildman–Crippen MR) is 131 cm³/mol. The molecule has 0 radical (unpaired) electrons. The predicted octanol–water partition coefficient (Wildman–Crippen LogP) is 5.26. The van der Waals surface area contributed by atoms with Crippen LogP contribution in [0, 0.1) is 6.92 Å². The maximum Gasteiger partial charge on any atom is 0.407 e. The normalized spacial score (nSPS) is 12.7. The molecule has 0 aliphatic rings. The molecule has 1 aromatic carbocycles. The molecule has 0 aliphatic heterocycles. The summed E-state index contributed by atoms with van der Waals surface area (Å²) in [5.74, 6) is -0.507. The zero-order valence-corrected chi connectivity index (χ0v) is 21.2. The number of ether oxygens (including phenoxy) is 1. The number of pyridine rings is 1. The number of amides is 1. The van der Waals surface area contributed by atoms with Crippen LogP contribution in [0.15, 0.2) is 53.2 Å². The Morgan fingerprint density at radius 2 is 1.94 bits per heavy atom. The van der Waals surface area contributed by atoms with Gasteiger partial charge in [0.1, 0.15) is 18.1 Å². The minimum absolute atomic E-state index is 0.0630. The van der Waals surface area contributed by atoms with Crippen molar-refractivity contribution in [3.63, 3.8) is 0 Å². The van der Waals surface area contributed by atoms with Gasteiger partial charge in [-0.3, -0.25) is 0 Å². The van der Waals surface area contributed by atoms with E-state index < -0.39 is 34.0 Å². The Morgan fingerprint density at radius 3 is 2.57 bits per heavy atom. The van der Waals surface area contributed by atoms with E-state index in [1.807, 2.05) is 0 Å². The third kappa shape index (κ3) is 6.45. The summed E-state index contributed by atoms with van der Waals surface area (Å²) in [6.45, 7) is 5.98. The van der Waals surface area contributed by atoms with Gasteiger partial charge in [0, 0.05) is 24.1 Å². The maximum atomic E-state index is 14.9. The Hall–Kier alpha value is -3.27. The zero-order chi connectivity index (χ0) is 26.0. The van der Waals surface area contributed by atoms with Gasteiger partial charge < -0.3 is 14.6 Å². The summed E-state index contributed by atoms with van der Waals surface area (Å²) in [5.41, 5.74) is 2.38. The molecule has 188 valence electrons. The smallest absolute Gasteiger partial charge is 0.407 e. The fraction of sp³-hybridized carbons (Fsp3) is 0.360. The van der Waals surface area contributed by atoms with Crippen LogP contribution in [-0.2, 0) is 27.8 Å². The fourth-order valence-electron chi connectivity index (χ4n) is 3.66. The van der Waals surface area contributed by atoms with Gasteiger partial charge >= 0.3 is 6.09 Å². The number of sulfone groups is 1. The van der Waals surface area contributed by atoms with Crippen LogP contribution >= 0.6 is 0 Å². The second kappa shape index (κ2) is 10.2. The fourth-order valence-corrected chi connectivity index (χ4v) is 4.33. The molecular formula is C25H29F2N3O4S. The Bertz CT molecular complexity index is 1390. The third-order valence-electron chi connectivity index (χ3n) is 5.19. The van der Waals surface area contributed by atoms with Crippen molar-refractivity contribution in [3.05, 3.63) is 59.7 Å². The van der Waals surface area contributed by atoms with Crippen molar-refractivity contribution in [2.75, 3.05) is 12.8 Å². The van der Waals surface area contributed by atoms with Crippen LogP contribution in [0.25, 0.3) is 22.2 Å². The quantitative estimate of drug-likeness (QED) is 0.473. The van der Waals surface area contributed by atoms with Gasteiger partial charge in [0.2, 0.25) is 0 Å². The van der Waals surface area contributed by atoms with E-state index in [9.17, 15) is 22.0 Å². The summed E-state index contributed by atoms with van der Waals surface area (Å²) >= 11 is 0. The van der Waals surface area contributed by atoms with Crippen LogP contribution in [0.1, 0.15) is 32.2 Å². The lowest BCUT2D eigenvalue weighted by Gasteiger charge is -2.19. The first-order valence-corrected chi connectivity index (χ1v) is 12.9. The molecule has 0 unspecified atom stereocenters. The summed E-state index contributed by atoms with van der Waals surface area (Å²) in [6.07, 6.45) is 1.70. The van der Waals surface area contributed by atoms with Gasteiger partial charge in [-0.1, -0.05) is 12.1 Å². The summed E-state index contributed by atoms with van der Waals surface area (Å²) in [5, 5.41) is 2.48. The Balaban J connectivity index is 1.99. The Kier molecular flexibility index (Phi) is 7.64. The molecule has 0 fully saturated rings. The van der Waals surface area contributed by atoms with Gasteiger partial charge in [-0.05, 0) is 63.6 Å². The molecule has 0 bridgehead atoms. The van der Waals surface area contributed by atoms with E-state index in [0.29, 0.717) is 27.9 Å². The molecule has 35 heavy (non-hydrogen) atoms. The average Bonchev–Trinajstić information content (AvgIpc) is 3.02. The third-order valence-corrected chi connectivity index (χ3v) is 6.30. The monoisotopic (exact) mass is 505 g/mol. The van der Waals surface area contributed by atoms with Crippen LogP contribution in [0.3, 0.4) is 0 Å². The Labute approximate surface area is 203 Å². The van der Waals surface area contributed by atoms with E-state index in [1.54, 1.807) is 50.5 Å². The van der Waals surface area contributed by atoms with E-state index in [1.165, 1.54) is 24.3 Å². The molecule has 0 aliphatic carbocycles. The minimum atomic E-state index is -3.45. The van der Waals surface area contributed by atoms with Gasteiger partial charge in [-0.2, -0.15) is 0 Å². The highest BCUT2D eigenvalue weighted by molar-refractivity contribution is 7.90. The minimum Gasteiger partial charge on any atom is -0.444 e. The highest BCUT2D eigenvalue weighted by atomic mass is 32.2. The topological polar surface area (TPSA) is 90.3 Å². The number of aromatic nitrogens is 2. The average molecular weight is 506 g/mol. The number of benzene rings is 1. The summed E-state index contributed by atoms with van der Waals surface area (Å²) in [4.78, 5) is 16.3. The molecule has 1 N–H and O–H groups in total. The number of nitrogens with one attached hydrogen (secondary N) is 1. The summed E-state index contributed by atoms with van der Waals surface area (Å²) < 4.78 is 59.2. The number of alkyl carbamates (subject to hydrolysis) is 1. The van der Waals surface area contributed by atoms with Crippen molar-refractivity contribution in [1.29, 1.82) is 0 Å². The van der Waals surface area contributed by atoms with Crippen molar-refractivity contribution >= 4 is 27.0 Å². The number of rotatable bonds is 7. The molecule has 2 aromatic heterocycles. The molecule has 2 heterocycles. The lowest BCUT2D eigenvalue weighted by Crippen LogP contribution is -2.32. The van der Waals surface area contributed by atoms with Crippen molar-refractivity contribution in [2.45, 2.75) is 51.4 Å². The number of hydrogen-bond donors (Lipinski definition) is 1. The van der Waals surface area contributed by atoms with E-state index >= 15 is 0 Å². The van der Waals surface area contributed by atoms with E-state index in [0.717, 1.165) is 6.26 Å². The lowest BCUT2D eigenvalue weighted by atomic mass is 10.1. The van der Waals surface area contributed by atoms with Gasteiger partial charge in [0.25, 0.3) is 0 Å². The van der Waals surface area contributed by atoms with Crippen molar-refractivity contribution in [1.82, 2.24) is 14.9 Å². The molecule has 10 heteroatoms. The number of nitrogens with zero attached hydrogens (tertiary/aromatic N) is 2. The second-order valence-corrected chi connectivity index (χ2v) is 11.2. The lowest BCUT2D eigenvalue weighted by molar-refractivity contribution is 0.0534. The van der Waals surface area contributed by atoms with Crippen molar-refractivity contribution in [2.24, 2.45) is 0 Å². The number of allylic oxidation sites excluding steroid dienone is 1. The van der Waals surface area contributed by atoms with E-state index in [-0.39, 0.29) is 23.7 Å². The molecule has 0 saturated heterocycles. The SMILES string of the molecule is Cc1c(-c2cccc(S(C)(=O)=O)c2)c2nc(CF)ccc2n1CC(F)=CCNC(=O)OC(C)(C)C. The molecule has 0 saturated carbocycles. The zero-order valence-electron chi connectivity index (χ0n) is 20.4. The summed E-state index contributed by atoms with van der Waals surface area (Å²) in [6, 6.07) is 9.58. The van der Waals surface area contributed by atoms with E-state index in [4.69, 9.17) is 4.74 Å². The van der Waals surface area contributed by atoms with Crippen LogP contribution in [0.2, 0.25) is 0 Å². The standard InChI is InChI=1S/C25H29F2N3O4S/c1-16-22(17-7-6-8-20(13-17)35(5,32)33)23-21(10-9-19(14-26)29-23)30(16)15-18(27)11-12-28-24(31)34-25(2,3)4/h6-11,13H,12,14-15H2,1-5H3,(H,28,31). The molecule has 0 spiro atoms. The first-order chi connectivity index (χ1) is 16.3. The van der Waals surface area contributed by atoms with Crippen LogP contribution < -0.4 is 5.32 Å². The van der Waals surface area contributed by atoms with Gasteiger partial charge in [-0.25, -0.2) is 27.0 Å². The van der Waals surface area contributed by atoms with Crippen LogP contribution in [0.5, 0.6) is 0 Å². The summed E-state index contributed by atoms with van der Waals surface area (Å²) in [7, 11) is -3.45. The highest BCUT2D eigenvalue weighted by Crippen LogP contribution is 2.35. The van der Waals surface area contributed by atoms with Crippen LogP contribution in [-0.4, -0.2) is 42.5 Å². The molecule has 7 nitrogen and oxygen atoms in total.